The second-order valence-electron chi connectivity index (χ2n) is 6.17. The van der Waals surface area contributed by atoms with Crippen LogP contribution in [-0.4, -0.2) is 61.1 Å². The summed E-state index contributed by atoms with van der Waals surface area (Å²) in [6, 6.07) is 0.107. The number of ether oxygens (including phenoxy) is 1. The smallest absolute Gasteiger partial charge is 0.223 e. The highest BCUT2D eigenvalue weighted by Gasteiger charge is 2.27. The minimum atomic E-state index is 0.0812. The third-order valence-corrected chi connectivity index (χ3v) is 5.09. The van der Waals surface area contributed by atoms with Crippen molar-refractivity contribution < 1.29 is 14.3 Å². The fourth-order valence-corrected chi connectivity index (χ4v) is 3.49. The fourth-order valence-electron chi connectivity index (χ4n) is 3.11. The molecule has 0 aromatic carbocycles. The lowest BCUT2D eigenvalue weighted by atomic mass is 9.98. The Labute approximate surface area is 137 Å². The van der Waals surface area contributed by atoms with Gasteiger partial charge in [0.15, 0.2) is 0 Å². The molecular weight excluding hydrogens is 300 g/mol. The van der Waals surface area contributed by atoms with Crippen LogP contribution >= 0.6 is 11.8 Å². The van der Waals surface area contributed by atoms with Gasteiger partial charge in [-0.2, -0.15) is 11.8 Å². The summed E-state index contributed by atoms with van der Waals surface area (Å²) < 4.78 is 5.31. The normalized spacial score (nSPS) is 23.9. The van der Waals surface area contributed by atoms with Crippen LogP contribution in [0.4, 0.5) is 0 Å². The molecule has 22 heavy (non-hydrogen) atoms. The number of carbonyl (C=O) groups excluding carboxylic acids is 2. The molecule has 0 unspecified atom stereocenters. The molecule has 6 heteroatoms. The first kappa shape index (κ1) is 17.6. The summed E-state index contributed by atoms with van der Waals surface area (Å²) in [5, 5.41) is 3.18. The zero-order valence-corrected chi connectivity index (χ0v) is 14.3. The van der Waals surface area contributed by atoms with Crippen molar-refractivity contribution in [1.29, 1.82) is 0 Å². The molecule has 126 valence electrons. The quantitative estimate of drug-likeness (QED) is 0.834. The summed E-state index contributed by atoms with van der Waals surface area (Å²) >= 11 is 1.70. The van der Waals surface area contributed by atoms with Crippen LogP contribution in [0.2, 0.25) is 0 Å². The molecule has 2 fully saturated rings. The van der Waals surface area contributed by atoms with Crippen molar-refractivity contribution in [3.05, 3.63) is 0 Å². The third-order valence-electron chi connectivity index (χ3n) is 4.48. The van der Waals surface area contributed by atoms with Crippen LogP contribution in [0.15, 0.2) is 0 Å². The molecule has 1 atom stereocenters. The predicted octanol–water partition coefficient (Wildman–Crippen LogP) is 1.66. The number of carbonyl (C=O) groups is 2. The maximum atomic E-state index is 12.4. The molecule has 0 radical (unpaired) electrons. The van der Waals surface area contributed by atoms with Crippen molar-refractivity contribution in [2.24, 2.45) is 5.92 Å². The molecule has 2 heterocycles. The average molecular weight is 328 g/mol. The lowest BCUT2D eigenvalue weighted by Crippen LogP contribution is -2.47. The topological polar surface area (TPSA) is 58.6 Å². The number of hydrogen-bond acceptors (Lipinski definition) is 4. The van der Waals surface area contributed by atoms with E-state index in [1.54, 1.807) is 11.8 Å². The number of likely N-dealkylation sites (tertiary alicyclic amines) is 1. The summed E-state index contributed by atoms with van der Waals surface area (Å²) in [5.74, 6) is 1.32. The van der Waals surface area contributed by atoms with Gasteiger partial charge in [-0.05, 0) is 38.4 Å². The summed E-state index contributed by atoms with van der Waals surface area (Å²) in [6.07, 6.45) is 7.33. The molecule has 0 aliphatic carbocycles. The van der Waals surface area contributed by atoms with Gasteiger partial charge in [0.25, 0.3) is 0 Å². The van der Waals surface area contributed by atoms with Crippen LogP contribution in [-0.2, 0) is 14.3 Å². The Morgan fingerprint density at radius 3 is 2.73 bits per heavy atom. The molecule has 2 rings (SSSR count). The van der Waals surface area contributed by atoms with E-state index >= 15 is 0 Å². The third kappa shape index (κ3) is 5.47. The van der Waals surface area contributed by atoms with Gasteiger partial charge in [0.1, 0.15) is 0 Å². The number of hydrogen-bond donors (Lipinski definition) is 1. The van der Waals surface area contributed by atoms with Gasteiger partial charge in [0, 0.05) is 50.4 Å². The SMILES string of the molecule is CSCCC(=O)N1CCCC[C@H](NC(=O)C2CCOCC2)C1. The van der Waals surface area contributed by atoms with Crippen LogP contribution in [0.25, 0.3) is 0 Å². The van der Waals surface area contributed by atoms with Crippen molar-refractivity contribution in [3.63, 3.8) is 0 Å². The highest BCUT2D eigenvalue weighted by Crippen LogP contribution is 2.17. The van der Waals surface area contributed by atoms with Crippen molar-refractivity contribution in [2.45, 2.75) is 44.6 Å². The monoisotopic (exact) mass is 328 g/mol. The van der Waals surface area contributed by atoms with E-state index in [1.807, 2.05) is 11.2 Å². The molecular formula is C16H28N2O3S. The van der Waals surface area contributed by atoms with Crippen LogP contribution in [0.3, 0.4) is 0 Å². The second-order valence-corrected chi connectivity index (χ2v) is 7.16. The molecule has 0 aromatic heterocycles. The van der Waals surface area contributed by atoms with E-state index in [-0.39, 0.29) is 23.8 Å². The van der Waals surface area contributed by atoms with E-state index < -0.39 is 0 Å². The first-order chi connectivity index (χ1) is 10.7. The maximum absolute atomic E-state index is 12.4. The molecule has 2 aliphatic heterocycles. The van der Waals surface area contributed by atoms with E-state index in [0.717, 1.165) is 44.4 Å². The molecule has 0 aromatic rings. The number of nitrogens with one attached hydrogen (secondary N) is 1. The Balaban J connectivity index is 1.83. The van der Waals surface area contributed by atoms with Gasteiger partial charge in [0.05, 0.1) is 0 Å². The largest absolute Gasteiger partial charge is 0.381 e. The number of nitrogens with zero attached hydrogens (tertiary/aromatic N) is 1. The standard InChI is InChI=1S/C16H28N2O3S/c1-22-11-7-15(19)18-8-3-2-4-14(12-18)17-16(20)13-5-9-21-10-6-13/h13-14H,2-12H2,1H3,(H,17,20)/t14-/m0/s1. The molecule has 0 saturated carbocycles. The van der Waals surface area contributed by atoms with Crippen LogP contribution in [0.1, 0.15) is 38.5 Å². The van der Waals surface area contributed by atoms with Crippen molar-refractivity contribution >= 4 is 23.6 Å². The Morgan fingerprint density at radius 2 is 2.00 bits per heavy atom. The van der Waals surface area contributed by atoms with Crippen LogP contribution in [0.5, 0.6) is 0 Å². The second kappa shape index (κ2) is 9.40. The summed E-state index contributed by atoms with van der Waals surface area (Å²) in [6.45, 7) is 2.86. The average Bonchev–Trinajstić information content (AvgIpc) is 2.79. The Bertz CT molecular complexity index is 372. The van der Waals surface area contributed by atoms with E-state index in [0.29, 0.717) is 26.2 Å². The van der Waals surface area contributed by atoms with Crippen LogP contribution in [0, 0.1) is 5.92 Å². The van der Waals surface area contributed by atoms with E-state index in [2.05, 4.69) is 5.32 Å². The Kier molecular flexibility index (Phi) is 7.52. The predicted molar refractivity (Wildman–Crippen MR) is 88.9 cm³/mol. The summed E-state index contributed by atoms with van der Waals surface area (Å²) in [5.41, 5.74) is 0. The molecule has 0 spiro atoms. The van der Waals surface area contributed by atoms with Gasteiger partial charge < -0.3 is 15.0 Å². The zero-order chi connectivity index (χ0) is 15.8. The molecule has 0 bridgehead atoms. The van der Waals surface area contributed by atoms with Gasteiger partial charge in [0.2, 0.25) is 11.8 Å². The lowest BCUT2D eigenvalue weighted by molar-refractivity contribution is -0.133. The number of amides is 2. The first-order valence-corrected chi connectivity index (χ1v) is 9.75. The number of thioether (sulfide) groups is 1. The fraction of sp³-hybridized carbons (Fsp3) is 0.875. The van der Waals surface area contributed by atoms with Gasteiger partial charge in [-0.3, -0.25) is 9.59 Å². The number of rotatable bonds is 5. The van der Waals surface area contributed by atoms with E-state index in [1.165, 1.54) is 0 Å². The highest BCUT2D eigenvalue weighted by atomic mass is 32.2. The van der Waals surface area contributed by atoms with Gasteiger partial charge in [-0.25, -0.2) is 0 Å². The molecule has 2 aliphatic rings. The molecule has 5 nitrogen and oxygen atoms in total. The Morgan fingerprint density at radius 1 is 1.23 bits per heavy atom. The first-order valence-electron chi connectivity index (χ1n) is 8.35. The molecule has 1 N–H and O–H groups in total. The molecule has 2 saturated heterocycles. The lowest BCUT2D eigenvalue weighted by Gasteiger charge is -2.28. The van der Waals surface area contributed by atoms with Crippen molar-refractivity contribution in [1.82, 2.24) is 10.2 Å². The van der Waals surface area contributed by atoms with Crippen LogP contribution < -0.4 is 5.32 Å². The van der Waals surface area contributed by atoms with Gasteiger partial charge in [-0.1, -0.05) is 0 Å². The van der Waals surface area contributed by atoms with Crippen molar-refractivity contribution in [2.75, 3.05) is 38.3 Å². The zero-order valence-electron chi connectivity index (χ0n) is 13.5. The summed E-state index contributed by atoms with van der Waals surface area (Å²) in [4.78, 5) is 26.5. The van der Waals surface area contributed by atoms with Gasteiger partial charge >= 0.3 is 0 Å². The maximum Gasteiger partial charge on any atom is 0.223 e. The molecule has 2 amide bonds. The summed E-state index contributed by atoms with van der Waals surface area (Å²) in [7, 11) is 0. The highest BCUT2D eigenvalue weighted by molar-refractivity contribution is 7.98. The Hall–Kier alpha value is -0.750. The minimum absolute atomic E-state index is 0.0812. The van der Waals surface area contributed by atoms with E-state index in [9.17, 15) is 9.59 Å². The van der Waals surface area contributed by atoms with Gasteiger partial charge in [-0.15, -0.1) is 0 Å². The van der Waals surface area contributed by atoms with E-state index in [4.69, 9.17) is 4.74 Å². The minimum Gasteiger partial charge on any atom is -0.381 e. The van der Waals surface area contributed by atoms with Crippen molar-refractivity contribution in [3.8, 4) is 0 Å².